The van der Waals surface area contributed by atoms with Crippen LogP contribution in [-0.4, -0.2) is 46.9 Å². The first-order valence-electron chi connectivity index (χ1n) is 9.30. The zero-order valence-electron chi connectivity index (χ0n) is 15.5. The van der Waals surface area contributed by atoms with E-state index in [1.807, 2.05) is 11.0 Å². The predicted octanol–water partition coefficient (Wildman–Crippen LogP) is 3.00. The number of anilines is 1. The number of nitrogen functional groups attached to an aromatic ring is 1. The largest absolute Gasteiger partial charge is 0.424 e. The van der Waals surface area contributed by atoms with E-state index >= 15 is 0 Å². The smallest absolute Gasteiger partial charge is 0.292 e. The molecule has 1 saturated heterocycles. The molecule has 27 heavy (non-hydrogen) atoms. The van der Waals surface area contributed by atoms with Crippen LogP contribution in [-0.2, 0) is 6.54 Å². The first-order valence-corrected chi connectivity index (χ1v) is 9.30. The van der Waals surface area contributed by atoms with E-state index in [1.165, 1.54) is 5.56 Å². The first kappa shape index (κ1) is 17.5. The van der Waals surface area contributed by atoms with E-state index < -0.39 is 0 Å². The molecule has 1 aliphatic rings. The molecule has 6 nitrogen and oxygen atoms in total. The van der Waals surface area contributed by atoms with Crippen molar-refractivity contribution in [2.75, 3.05) is 31.9 Å². The Balaban J connectivity index is 1.47. The van der Waals surface area contributed by atoms with Gasteiger partial charge in [-0.25, -0.2) is 0 Å². The lowest BCUT2D eigenvalue weighted by Gasteiger charge is -2.22. The van der Waals surface area contributed by atoms with E-state index in [4.69, 9.17) is 10.2 Å². The van der Waals surface area contributed by atoms with Crippen molar-refractivity contribution in [1.82, 2.24) is 14.8 Å². The third-order valence-electron chi connectivity index (χ3n) is 4.98. The molecule has 1 unspecified atom stereocenters. The molecule has 140 valence electrons. The first-order chi connectivity index (χ1) is 13.1. The van der Waals surface area contributed by atoms with Crippen LogP contribution in [0.4, 0.5) is 6.01 Å². The van der Waals surface area contributed by atoms with Gasteiger partial charge in [-0.15, -0.1) is 0 Å². The van der Waals surface area contributed by atoms with Crippen LogP contribution < -0.4 is 5.73 Å². The van der Waals surface area contributed by atoms with Crippen LogP contribution in [0.2, 0.25) is 0 Å². The Morgan fingerprint density at radius 2 is 2.00 bits per heavy atom. The third kappa shape index (κ3) is 3.95. The van der Waals surface area contributed by atoms with Crippen LogP contribution in [0.1, 0.15) is 22.8 Å². The molecule has 0 radical (unpaired) electrons. The molecule has 2 aromatic carbocycles. The fourth-order valence-electron chi connectivity index (χ4n) is 3.75. The molecule has 1 atom stereocenters. The fraction of sp³-hybridized carbons (Fsp3) is 0.333. The number of hydrogen-bond donors (Lipinski definition) is 1. The number of carbonyl (C=O) groups excluding carboxylic acids is 1. The molecular formula is C21H24N4O2. The van der Waals surface area contributed by atoms with Crippen LogP contribution in [0.5, 0.6) is 0 Å². The molecule has 3 aromatic rings. The number of aromatic nitrogens is 1. The van der Waals surface area contributed by atoms with Crippen LogP contribution in [0.15, 0.2) is 52.9 Å². The summed E-state index contributed by atoms with van der Waals surface area (Å²) < 4.78 is 5.36. The minimum absolute atomic E-state index is 0.0280. The SMILES string of the molecule is CC1CN(Cc2ccccc2)CCN(C(=O)c2ccc3nc(N)oc3c2)C1. The van der Waals surface area contributed by atoms with Gasteiger partial charge in [0.15, 0.2) is 5.58 Å². The van der Waals surface area contributed by atoms with Gasteiger partial charge in [-0.3, -0.25) is 9.69 Å². The van der Waals surface area contributed by atoms with Crippen molar-refractivity contribution < 1.29 is 9.21 Å². The van der Waals surface area contributed by atoms with Crippen LogP contribution in [0.25, 0.3) is 11.1 Å². The lowest BCUT2D eigenvalue weighted by atomic mass is 10.1. The monoisotopic (exact) mass is 364 g/mol. The zero-order chi connectivity index (χ0) is 18.8. The molecule has 0 bridgehead atoms. The minimum atomic E-state index is 0.0280. The van der Waals surface area contributed by atoms with Crippen LogP contribution >= 0.6 is 0 Å². The predicted molar refractivity (Wildman–Crippen MR) is 105 cm³/mol. The van der Waals surface area contributed by atoms with Crippen LogP contribution in [0.3, 0.4) is 0 Å². The Bertz CT molecular complexity index is 938. The molecule has 1 amide bonds. The molecule has 0 aliphatic carbocycles. The standard InChI is InChI=1S/C21H24N4O2/c1-15-12-24(14-16-5-3-2-4-6-16)9-10-25(13-15)20(26)17-7-8-18-19(11-17)27-21(22)23-18/h2-8,11,15H,9-10,12-14H2,1H3,(H2,22,23). The highest BCUT2D eigenvalue weighted by molar-refractivity contribution is 5.97. The highest BCUT2D eigenvalue weighted by Crippen LogP contribution is 2.21. The molecular weight excluding hydrogens is 340 g/mol. The zero-order valence-corrected chi connectivity index (χ0v) is 15.5. The molecule has 0 saturated carbocycles. The second-order valence-corrected chi connectivity index (χ2v) is 7.31. The number of fused-ring (bicyclic) bond motifs is 1. The maximum atomic E-state index is 13.0. The topological polar surface area (TPSA) is 75.6 Å². The van der Waals surface area contributed by atoms with Crippen molar-refractivity contribution in [2.24, 2.45) is 5.92 Å². The summed E-state index contributed by atoms with van der Waals surface area (Å²) >= 11 is 0. The summed E-state index contributed by atoms with van der Waals surface area (Å²) in [5, 5.41) is 0. The lowest BCUT2D eigenvalue weighted by Crippen LogP contribution is -2.35. The van der Waals surface area contributed by atoms with Gasteiger partial charge < -0.3 is 15.1 Å². The summed E-state index contributed by atoms with van der Waals surface area (Å²) in [4.78, 5) is 21.5. The Labute approximate surface area is 158 Å². The van der Waals surface area contributed by atoms with Gasteiger partial charge in [-0.05, 0) is 29.7 Å². The van der Waals surface area contributed by atoms with Gasteiger partial charge in [-0.1, -0.05) is 37.3 Å². The fourth-order valence-corrected chi connectivity index (χ4v) is 3.75. The van der Waals surface area contributed by atoms with Gasteiger partial charge in [0, 0.05) is 38.3 Å². The maximum Gasteiger partial charge on any atom is 0.292 e. The van der Waals surface area contributed by atoms with E-state index in [2.05, 4.69) is 41.1 Å². The van der Waals surface area contributed by atoms with Gasteiger partial charge in [0.1, 0.15) is 5.52 Å². The number of nitrogens with two attached hydrogens (primary N) is 1. The third-order valence-corrected chi connectivity index (χ3v) is 4.98. The Morgan fingerprint density at radius 3 is 2.81 bits per heavy atom. The lowest BCUT2D eigenvalue weighted by molar-refractivity contribution is 0.0748. The van der Waals surface area contributed by atoms with Crippen molar-refractivity contribution in [3.8, 4) is 0 Å². The van der Waals surface area contributed by atoms with Crippen molar-refractivity contribution in [1.29, 1.82) is 0 Å². The summed E-state index contributed by atoms with van der Waals surface area (Å²) in [6.07, 6.45) is 0. The average molecular weight is 364 g/mol. The second-order valence-electron chi connectivity index (χ2n) is 7.31. The van der Waals surface area contributed by atoms with Gasteiger partial charge in [0.25, 0.3) is 11.9 Å². The van der Waals surface area contributed by atoms with Gasteiger partial charge in [0.05, 0.1) is 0 Å². The van der Waals surface area contributed by atoms with Crippen molar-refractivity contribution >= 4 is 23.0 Å². The summed E-state index contributed by atoms with van der Waals surface area (Å²) in [5.74, 6) is 0.435. The number of benzene rings is 2. The van der Waals surface area contributed by atoms with Gasteiger partial charge in [-0.2, -0.15) is 4.98 Å². The second kappa shape index (κ2) is 7.40. The number of rotatable bonds is 3. The molecule has 2 heterocycles. The number of carbonyl (C=O) groups is 1. The van der Waals surface area contributed by atoms with Crippen molar-refractivity contribution in [3.05, 3.63) is 59.7 Å². The Hall–Kier alpha value is -2.86. The quantitative estimate of drug-likeness (QED) is 0.773. The van der Waals surface area contributed by atoms with E-state index in [1.54, 1.807) is 18.2 Å². The summed E-state index contributed by atoms with van der Waals surface area (Å²) in [6, 6.07) is 15.9. The van der Waals surface area contributed by atoms with E-state index in [0.717, 1.165) is 26.2 Å². The molecule has 1 aromatic heterocycles. The van der Waals surface area contributed by atoms with E-state index in [-0.39, 0.29) is 11.9 Å². The number of amides is 1. The van der Waals surface area contributed by atoms with Gasteiger partial charge in [0.2, 0.25) is 0 Å². The molecule has 1 aliphatic heterocycles. The highest BCUT2D eigenvalue weighted by Gasteiger charge is 2.24. The Morgan fingerprint density at radius 1 is 1.19 bits per heavy atom. The summed E-state index contributed by atoms with van der Waals surface area (Å²) in [5.41, 5.74) is 8.73. The summed E-state index contributed by atoms with van der Waals surface area (Å²) in [6.45, 7) is 6.42. The molecule has 6 heteroatoms. The van der Waals surface area contributed by atoms with Crippen LogP contribution in [0, 0.1) is 5.92 Å². The molecule has 0 spiro atoms. The normalized spacial score (nSPS) is 18.6. The Kier molecular flexibility index (Phi) is 4.81. The average Bonchev–Trinajstić information content (AvgIpc) is 2.93. The number of hydrogen-bond acceptors (Lipinski definition) is 5. The molecule has 4 rings (SSSR count). The molecule has 2 N–H and O–H groups in total. The van der Waals surface area contributed by atoms with E-state index in [9.17, 15) is 4.79 Å². The minimum Gasteiger partial charge on any atom is -0.424 e. The molecule has 1 fully saturated rings. The van der Waals surface area contributed by atoms with Crippen molar-refractivity contribution in [2.45, 2.75) is 13.5 Å². The maximum absolute atomic E-state index is 13.0. The summed E-state index contributed by atoms with van der Waals surface area (Å²) in [7, 11) is 0. The van der Waals surface area contributed by atoms with Gasteiger partial charge >= 0.3 is 0 Å². The number of nitrogens with zero attached hydrogens (tertiary/aromatic N) is 3. The number of oxazole rings is 1. The van der Waals surface area contributed by atoms with E-state index in [0.29, 0.717) is 29.1 Å². The van der Waals surface area contributed by atoms with Crippen molar-refractivity contribution in [3.63, 3.8) is 0 Å². The highest BCUT2D eigenvalue weighted by atomic mass is 16.4.